The number of carbonyl (C=O) groups excluding carboxylic acids is 1. The van der Waals surface area contributed by atoms with Crippen LogP contribution in [0.3, 0.4) is 0 Å². The summed E-state index contributed by atoms with van der Waals surface area (Å²) in [6.07, 6.45) is 4.40. The smallest absolute Gasteiger partial charge is 0.318 e. The van der Waals surface area contributed by atoms with E-state index in [-0.39, 0.29) is 6.03 Å². The predicted octanol–water partition coefficient (Wildman–Crippen LogP) is 1.69. The number of nitrogens with one attached hydrogen (secondary N) is 2. The number of ether oxygens (including phenoxy) is 2. The maximum Gasteiger partial charge on any atom is 0.318 e. The van der Waals surface area contributed by atoms with E-state index in [1.54, 1.807) is 13.3 Å². The van der Waals surface area contributed by atoms with Crippen molar-refractivity contribution >= 4 is 12.1 Å². The second-order valence-corrected chi connectivity index (χ2v) is 5.32. The minimum absolute atomic E-state index is 0.189. The number of hydrogen-bond acceptors (Lipinski definition) is 4. The van der Waals surface area contributed by atoms with Gasteiger partial charge in [-0.1, -0.05) is 12.1 Å². The van der Waals surface area contributed by atoms with Gasteiger partial charge < -0.3 is 20.1 Å². The van der Waals surface area contributed by atoms with E-state index in [0.717, 1.165) is 50.6 Å². The molecule has 0 aromatic heterocycles. The summed E-state index contributed by atoms with van der Waals surface area (Å²) in [6, 6.07) is 7.45. The van der Waals surface area contributed by atoms with Gasteiger partial charge in [-0.25, -0.2) is 4.79 Å². The molecule has 0 radical (unpaired) electrons. The lowest BCUT2D eigenvalue weighted by Crippen LogP contribution is -2.39. The standard InChI is InChI=1S/C17H25N3O3/c1-22-16-5-2-4-15(14-16)6-8-19-17(21)18-7-3-9-20-10-12-23-13-11-20/h2,4-6,8,14H,3,7,9-13H2,1H3,(H2,18,19,21)/b8-6+. The monoisotopic (exact) mass is 319 g/mol. The molecule has 0 aliphatic carbocycles. The first kappa shape index (κ1) is 17.3. The average Bonchev–Trinajstić information content (AvgIpc) is 2.60. The fourth-order valence-corrected chi connectivity index (χ4v) is 2.34. The number of nitrogens with zero attached hydrogens (tertiary/aromatic N) is 1. The van der Waals surface area contributed by atoms with Crippen LogP contribution in [0.2, 0.25) is 0 Å². The van der Waals surface area contributed by atoms with Gasteiger partial charge in [0.2, 0.25) is 0 Å². The van der Waals surface area contributed by atoms with Crippen molar-refractivity contribution in [2.45, 2.75) is 6.42 Å². The number of amides is 2. The minimum Gasteiger partial charge on any atom is -0.497 e. The van der Waals surface area contributed by atoms with E-state index < -0.39 is 0 Å². The number of benzene rings is 1. The second kappa shape index (κ2) is 9.86. The molecule has 0 atom stereocenters. The van der Waals surface area contributed by atoms with Gasteiger partial charge in [-0.15, -0.1) is 0 Å². The van der Waals surface area contributed by atoms with Gasteiger partial charge >= 0.3 is 6.03 Å². The molecular weight excluding hydrogens is 294 g/mol. The normalized spacial score (nSPS) is 15.5. The van der Waals surface area contributed by atoms with Gasteiger partial charge in [0.1, 0.15) is 5.75 Å². The number of carbonyl (C=O) groups is 1. The molecule has 2 rings (SSSR count). The third-order valence-electron chi connectivity index (χ3n) is 3.62. The molecule has 1 saturated heterocycles. The van der Waals surface area contributed by atoms with Crippen molar-refractivity contribution in [1.29, 1.82) is 0 Å². The minimum atomic E-state index is -0.189. The summed E-state index contributed by atoms with van der Waals surface area (Å²) in [4.78, 5) is 14.0. The Bertz CT molecular complexity index is 514. The summed E-state index contributed by atoms with van der Waals surface area (Å²) >= 11 is 0. The number of rotatable bonds is 7. The summed E-state index contributed by atoms with van der Waals surface area (Å²) in [5.41, 5.74) is 0.969. The Balaban J connectivity index is 1.59. The van der Waals surface area contributed by atoms with Gasteiger partial charge in [-0.05, 0) is 36.7 Å². The summed E-state index contributed by atoms with van der Waals surface area (Å²) < 4.78 is 10.5. The van der Waals surface area contributed by atoms with Crippen molar-refractivity contribution in [1.82, 2.24) is 15.5 Å². The molecular formula is C17H25N3O3. The van der Waals surface area contributed by atoms with E-state index in [4.69, 9.17) is 9.47 Å². The molecule has 2 amide bonds. The fraction of sp³-hybridized carbons (Fsp3) is 0.471. The van der Waals surface area contributed by atoms with Gasteiger partial charge in [0.15, 0.2) is 0 Å². The first-order chi connectivity index (χ1) is 11.3. The quantitative estimate of drug-likeness (QED) is 0.751. The largest absolute Gasteiger partial charge is 0.497 e. The van der Waals surface area contributed by atoms with E-state index in [0.29, 0.717) is 6.54 Å². The molecule has 1 aromatic rings. The fourth-order valence-electron chi connectivity index (χ4n) is 2.34. The Morgan fingerprint density at radius 2 is 2.22 bits per heavy atom. The number of urea groups is 1. The van der Waals surface area contributed by atoms with Crippen LogP contribution in [0.25, 0.3) is 6.08 Å². The van der Waals surface area contributed by atoms with Crippen molar-refractivity contribution in [3.8, 4) is 5.75 Å². The van der Waals surface area contributed by atoms with E-state index >= 15 is 0 Å². The molecule has 1 aliphatic rings. The maximum absolute atomic E-state index is 11.7. The van der Waals surface area contributed by atoms with E-state index in [2.05, 4.69) is 15.5 Å². The van der Waals surface area contributed by atoms with Crippen LogP contribution in [0, 0.1) is 0 Å². The van der Waals surface area contributed by atoms with Gasteiger partial charge in [-0.3, -0.25) is 4.90 Å². The number of morpholine rings is 1. The van der Waals surface area contributed by atoms with Crippen molar-refractivity contribution < 1.29 is 14.3 Å². The molecule has 126 valence electrons. The zero-order valence-corrected chi connectivity index (χ0v) is 13.6. The number of hydrogen-bond donors (Lipinski definition) is 2. The first-order valence-electron chi connectivity index (χ1n) is 7.93. The lowest BCUT2D eigenvalue weighted by Gasteiger charge is -2.26. The zero-order valence-electron chi connectivity index (χ0n) is 13.6. The third kappa shape index (κ3) is 6.71. The van der Waals surface area contributed by atoms with Crippen LogP contribution in [-0.2, 0) is 4.74 Å². The van der Waals surface area contributed by atoms with Gasteiger partial charge in [0.25, 0.3) is 0 Å². The van der Waals surface area contributed by atoms with Crippen LogP contribution in [0.1, 0.15) is 12.0 Å². The van der Waals surface area contributed by atoms with Crippen molar-refractivity contribution in [3.63, 3.8) is 0 Å². The number of methoxy groups -OCH3 is 1. The van der Waals surface area contributed by atoms with Crippen LogP contribution < -0.4 is 15.4 Å². The maximum atomic E-state index is 11.7. The molecule has 2 N–H and O–H groups in total. The Hall–Kier alpha value is -2.05. The summed E-state index contributed by atoms with van der Waals surface area (Å²) in [6.45, 7) is 5.23. The lowest BCUT2D eigenvalue weighted by atomic mass is 10.2. The molecule has 23 heavy (non-hydrogen) atoms. The van der Waals surface area contributed by atoms with Crippen LogP contribution in [0.5, 0.6) is 5.75 Å². The highest BCUT2D eigenvalue weighted by atomic mass is 16.5. The molecule has 0 bridgehead atoms. The first-order valence-corrected chi connectivity index (χ1v) is 7.93. The van der Waals surface area contributed by atoms with Gasteiger partial charge in [-0.2, -0.15) is 0 Å². The molecule has 6 nitrogen and oxygen atoms in total. The highest BCUT2D eigenvalue weighted by molar-refractivity contribution is 5.75. The zero-order chi connectivity index (χ0) is 16.3. The Morgan fingerprint density at radius 3 is 3.00 bits per heavy atom. The highest BCUT2D eigenvalue weighted by Crippen LogP contribution is 2.13. The van der Waals surface area contributed by atoms with Crippen LogP contribution in [-0.4, -0.2) is 57.4 Å². The molecule has 0 unspecified atom stereocenters. The summed E-state index contributed by atoms with van der Waals surface area (Å²) in [5, 5.41) is 5.55. The topological polar surface area (TPSA) is 62.8 Å². The lowest BCUT2D eigenvalue weighted by molar-refractivity contribution is 0.0375. The van der Waals surface area contributed by atoms with Crippen LogP contribution in [0.4, 0.5) is 4.79 Å². The van der Waals surface area contributed by atoms with Gasteiger partial charge in [0.05, 0.1) is 20.3 Å². The molecule has 0 spiro atoms. The molecule has 1 heterocycles. The van der Waals surface area contributed by atoms with Crippen molar-refractivity contribution in [3.05, 3.63) is 36.0 Å². The Labute approximate surface area is 137 Å². The summed E-state index contributed by atoms with van der Waals surface area (Å²) in [5.74, 6) is 0.791. The van der Waals surface area contributed by atoms with Crippen molar-refractivity contribution in [2.24, 2.45) is 0 Å². The Morgan fingerprint density at radius 1 is 1.39 bits per heavy atom. The molecule has 1 aliphatic heterocycles. The molecule has 0 saturated carbocycles. The van der Waals surface area contributed by atoms with Crippen molar-refractivity contribution in [2.75, 3.05) is 46.5 Å². The second-order valence-electron chi connectivity index (χ2n) is 5.32. The third-order valence-corrected chi connectivity index (χ3v) is 3.62. The highest BCUT2D eigenvalue weighted by Gasteiger charge is 2.09. The van der Waals surface area contributed by atoms with Gasteiger partial charge in [0, 0.05) is 25.8 Å². The summed E-state index contributed by atoms with van der Waals surface area (Å²) in [7, 11) is 1.63. The molecule has 1 fully saturated rings. The molecule has 1 aromatic carbocycles. The van der Waals surface area contributed by atoms with Crippen LogP contribution in [0.15, 0.2) is 30.5 Å². The van der Waals surface area contributed by atoms with E-state index in [1.807, 2.05) is 30.3 Å². The van der Waals surface area contributed by atoms with E-state index in [9.17, 15) is 4.79 Å². The predicted molar refractivity (Wildman–Crippen MR) is 90.4 cm³/mol. The Kier molecular flexibility index (Phi) is 7.42. The average molecular weight is 319 g/mol. The van der Waals surface area contributed by atoms with Crippen LogP contribution >= 0.6 is 0 Å². The molecule has 6 heteroatoms. The van der Waals surface area contributed by atoms with E-state index in [1.165, 1.54) is 0 Å². The SMILES string of the molecule is COc1cccc(/C=C/NC(=O)NCCCN2CCOCC2)c1.